The lowest BCUT2D eigenvalue weighted by molar-refractivity contribution is -0.150. The van der Waals surface area contributed by atoms with E-state index in [1.165, 1.54) is 29.4 Å². The third-order valence-corrected chi connectivity index (χ3v) is 5.79. The fraction of sp³-hybridized carbons (Fsp3) is 0.353. The SMILES string of the molecule is Cc1nn(C)c(C)c1NC(=O)[C@@H](C)OC(=O)CSc1ncnc2sccc12. The Labute approximate surface area is 164 Å². The monoisotopic (exact) mass is 405 g/mol. The standard InChI is InChI=1S/C17H19N5O3S2/c1-9-14(10(2)22(4)21-9)20-15(24)11(3)25-13(23)7-27-17-12-5-6-26-16(12)18-8-19-17/h5-6,8,11H,7H2,1-4H3,(H,20,24)/t11-/m1/s1. The first-order valence-corrected chi connectivity index (χ1v) is 10.0. The molecule has 0 bridgehead atoms. The molecule has 1 N–H and O–H groups in total. The second-order valence-corrected chi connectivity index (χ2v) is 7.76. The molecule has 0 spiro atoms. The van der Waals surface area contributed by atoms with Gasteiger partial charge < -0.3 is 10.1 Å². The lowest BCUT2D eigenvalue weighted by Gasteiger charge is -2.13. The summed E-state index contributed by atoms with van der Waals surface area (Å²) in [4.78, 5) is 33.7. The molecule has 0 aliphatic rings. The maximum absolute atomic E-state index is 12.3. The Morgan fingerprint density at radius 1 is 1.37 bits per heavy atom. The van der Waals surface area contributed by atoms with Crippen LogP contribution in [0.3, 0.4) is 0 Å². The summed E-state index contributed by atoms with van der Waals surface area (Å²) in [5.74, 6) is -0.816. The highest BCUT2D eigenvalue weighted by Crippen LogP contribution is 2.27. The van der Waals surface area contributed by atoms with Gasteiger partial charge >= 0.3 is 5.97 Å². The number of carbonyl (C=O) groups excluding carboxylic acids is 2. The number of aromatic nitrogens is 4. The molecule has 1 amide bonds. The molecule has 3 rings (SSSR count). The van der Waals surface area contributed by atoms with Gasteiger partial charge in [-0.2, -0.15) is 5.10 Å². The highest BCUT2D eigenvalue weighted by Gasteiger charge is 2.21. The van der Waals surface area contributed by atoms with E-state index in [2.05, 4.69) is 20.4 Å². The van der Waals surface area contributed by atoms with E-state index in [0.29, 0.717) is 11.4 Å². The van der Waals surface area contributed by atoms with Gasteiger partial charge in [0.1, 0.15) is 16.2 Å². The van der Waals surface area contributed by atoms with Crippen molar-refractivity contribution in [3.05, 3.63) is 29.2 Å². The van der Waals surface area contributed by atoms with E-state index in [1.807, 2.05) is 25.3 Å². The summed E-state index contributed by atoms with van der Waals surface area (Å²) in [6, 6.07) is 1.92. The van der Waals surface area contributed by atoms with E-state index in [-0.39, 0.29) is 5.75 Å². The Morgan fingerprint density at radius 2 is 2.15 bits per heavy atom. The number of ether oxygens (including phenoxy) is 1. The molecule has 3 aromatic heterocycles. The average Bonchev–Trinajstić information content (AvgIpc) is 3.20. The highest BCUT2D eigenvalue weighted by molar-refractivity contribution is 8.00. The van der Waals surface area contributed by atoms with E-state index < -0.39 is 18.0 Å². The van der Waals surface area contributed by atoms with E-state index in [4.69, 9.17) is 4.74 Å². The Bertz CT molecular complexity index is 998. The molecule has 0 unspecified atom stereocenters. The minimum Gasteiger partial charge on any atom is -0.452 e. The fourth-order valence-electron chi connectivity index (χ4n) is 2.47. The van der Waals surface area contributed by atoms with E-state index >= 15 is 0 Å². The largest absolute Gasteiger partial charge is 0.452 e. The Morgan fingerprint density at radius 3 is 2.85 bits per heavy atom. The first-order valence-electron chi connectivity index (χ1n) is 8.18. The molecule has 8 nitrogen and oxygen atoms in total. The molecule has 0 aliphatic heterocycles. The van der Waals surface area contributed by atoms with Gasteiger partial charge in [0.15, 0.2) is 6.10 Å². The number of fused-ring (bicyclic) bond motifs is 1. The number of thiophene rings is 1. The summed E-state index contributed by atoms with van der Waals surface area (Å²) in [7, 11) is 1.80. The van der Waals surface area contributed by atoms with Crippen LogP contribution >= 0.6 is 23.1 Å². The van der Waals surface area contributed by atoms with E-state index in [1.54, 1.807) is 18.7 Å². The van der Waals surface area contributed by atoms with Crippen LogP contribution in [0.5, 0.6) is 0 Å². The van der Waals surface area contributed by atoms with Crippen LogP contribution in [0.2, 0.25) is 0 Å². The number of thioether (sulfide) groups is 1. The third-order valence-electron chi connectivity index (χ3n) is 3.99. The van der Waals surface area contributed by atoms with Crippen molar-refractivity contribution < 1.29 is 14.3 Å². The van der Waals surface area contributed by atoms with Gasteiger partial charge in [-0.3, -0.25) is 14.3 Å². The average molecular weight is 406 g/mol. The molecule has 3 aromatic rings. The van der Waals surface area contributed by atoms with Crippen LogP contribution in [0.4, 0.5) is 5.69 Å². The molecular formula is C17H19N5O3S2. The number of rotatable bonds is 6. The van der Waals surface area contributed by atoms with Gasteiger partial charge in [-0.25, -0.2) is 9.97 Å². The predicted molar refractivity (Wildman–Crippen MR) is 105 cm³/mol. The predicted octanol–water partition coefficient (Wildman–Crippen LogP) is 2.70. The maximum Gasteiger partial charge on any atom is 0.317 e. The third kappa shape index (κ3) is 4.28. The Balaban J connectivity index is 1.55. The van der Waals surface area contributed by atoms with Gasteiger partial charge in [0, 0.05) is 12.4 Å². The van der Waals surface area contributed by atoms with Crippen LogP contribution in [0.15, 0.2) is 22.8 Å². The van der Waals surface area contributed by atoms with E-state index in [0.717, 1.165) is 20.9 Å². The van der Waals surface area contributed by atoms with Gasteiger partial charge in [-0.1, -0.05) is 11.8 Å². The number of nitrogens with zero attached hydrogens (tertiary/aromatic N) is 4. The number of carbonyl (C=O) groups is 2. The fourth-order valence-corrected chi connectivity index (χ4v) is 4.04. The molecule has 0 saturated heterocycles. The lowest BCUT2D eigenvalue weighted by Crippen LogP contribution is -2.30. The van der Waals surface area contributed by atoms with Crippen molar-refractivity contribution in [1.82, 2.24) is 19.7 Å². The lowest BCUT2D eigenvalue weighted by atomic mass is 10.3. The van der Waals surface area contributed by atoms with Crippen LogP contribution < -0.4 is 5.32 Å². The highest BCUT2D eigenvalue weighted by atomic mass is 32.2. The molecule has 1 atom stereocenters. The summed E-state index contributed by atoms with van der Waals surface area (Å²) in [6.07, 6.45) is 0.560. The van der Waals surface area contributed by atoms with Crippen LogP contribution in [0.25, 0.3) is 10.2 Å². The first-order chi connectivity index (χ1) is 12.9. The summed E-state index contributed by atoms with van der Waals surface area (Å²) in [6.45, 7) is 5.21. The molecule has 3 heterocycles. The summed E-state index contributed by atoms with van der Waals surface area (Å²) in [5.41, 5.74) is 2.18. The van der Waals surface area contributed by atoms with Gasteiger partial charge in [-0.05, 0) is 32.2 Å². The minimum absolute atomic E-state index is 0.0600. The molecule has 0 aromatic carbocycles. The zero-order chi connectivity index (χ0) is 19.6. The molecule has 0 radical (unpaired) electrons. The second-order valence-electron chi connectivity index (χ2n) is 5.90. The topological polar surface area (TPSA) is 99.0 Å². The number of hydrogen-bond donors (Lipinski definition) is 1. The molecule has 0 saturated carbocycles. The number of nitrogens with one attached hydrogen (secondary N) is 1. The van der Waals surface area contributed by atoms with Gasteiger partial charge in [0.2, 0.25) is 0 Å². The minimum atomic E-state index is -0.913. The molecule has 10 heteroatoms. The first kappa shape index (κ1) is 19.3. The molecular weight excluding hydrogens is 386 g/mol. The summed E-state index contributed by atoms with van der Waals surface area (Å²) in [5, 5.41) is 10.6. The van der Waals surface area contributed by atoms with E-state index in [9.17, 15) is 9.59 Å². The summed E-state index contributed by atoms with van der Waals surface area (Å²) < 4.78 is 6.93. The summed E-state index contributed by atoms with van der Waals surface area (Å²) >= 11 is 2.78. The normalized spacial score (nSPS) is 12.1. The van der Waals surface area contributed by atoms with Gasteiger partial charge in [0.25, 0.3) is 5.91 Å². The van der Waals surface area contributed by atoms with Crippen LogP contribution in [-0.2, 0) is 21.4 Å². The number of hydrogen-bond acceptors (Lipinski definition) is 8. The van der Waals surface area contributed by atoms with Crippen LogP contribution in [0, 0.1) is 13.8 Å². The van der Waals surface area contributed by atoms with Crippen molar-refractivity contribution in [3.8, 4) is 0 Å². The Kier molecular flexibility index (Phi) is 5.76. The van der Waals surface area contributed by atoms with Crippen molar-refractivity contribution in [1.29, 1.82) is 0 Å². The number of aryl methyl sites for hydroxylation is 2. The second kappa shape index (κ2) is 8.05. The smallest absolute Gasteiger partial charge is 0.317 e. The zero-order valence-corrected chi connectivity index (χ0v) is 17.0. The quantitative estimate of drug-likeness (QED) is 0.382. The van der Waals surface area contributed by atoms with Crippen molar-refractivity contribution in [3.63, 3.8) is 0 Å². The molecule has 0 fully saturated rings. The molecule has 27 heavy (non-hydrogen) atoms. The van der Waals surface area contributed by atoms with Crippen molar-refractivity contribution in [2.24, 2.45) is 7.05 Å². The maximum atomic E-state index is 12.3. The van der Waals surface area contributed by atoms with Crippen molar-refractivity contribution in [2.75, 3.05) is 11.1 Å². The van der Waals surface area contributed by atoms with Crippen molar-refractivity contribution in [2.45, 2.75) is 31.9 Å². The van der Waals surface area contributed by atoms with Crippen LogP contribution in [0.1, 0.15) is 18.3 Å². The Hall–Kier alpha value is -2.46. The molecule has 142 valence electrons. The number of anilines is 1. The molecule has 0 aliphatic carbocycles. The van der Waals surface area contributed by atoms with Gasteiger partial charge in [0.05, 0.1) is 22.8 Å². The van der Waals surface area contributed by atoms with Crippen molar-refractivity contribution >= 4 is 50.9 Å². The van der Waals surface area contributed by atoms with Crippen LogP contribution in [-0.4, -0.2) is 43.5 Å². The number of amides is 1. The van der Waals surface area contributed by atoms with Gasteiger partial charge in [-0.15, -0.1) is 11.3 Å². The number of esters is 1. The zero-order valence-electron chi connectivity index (χ0n) is 15.3.